The summed E-state index contributed by atoms with van der Waals surface area (Å²) in [6.07, 6.45) is 1.71. The Morgan fingerprint density at radius 3 is 2.52 bits per heavy atom. The van der Waals surface area contributed by atoms with Crippen LogP contribution < -0.4 is 5.32 Å². The molecule has 0 spiro atoms. The minimum Gasteiger partial charge on any atom is -0.481 e. The summed E-state index contributed by atoms with van der Waals surface area (Å²) in [5, 5.41) is 11.8. The molecule has 2 fully saturated rings. The van der Waals surface area contributed by atoms with E-state index in [-0.39, 0.29) is 30.3 Å². The van der Waals surface area contributed by atoms with Crippen molar-refractivity contribution < 1.29 is 19.5 Å². The molecule has 2 saturated heterocycles. The highest BCUT2D eigenvalue weighted by molar-refractivity contribution is 5.84. The van der Waals surface area contributed by atoms with Crippen LogP contribution in [0.3, 0.4) is 0 Å². The van der Waals surface area contributed by atoms with E-state index in [2.05, 4.69) is 5.32 Å². The fraction of sp³-hybridized carbons (Fsp3) is 0.786. The molecule has 7 nitrogen and oxygen atoms in total. The third kappa shape index (κ3) is 3.72. The molecular weight excluding hydrogens is 274 g/mol. The predicted molar refractivity (Wildman–Crippen MR) is 75.6 cm³/mol. The Kier molecular flexibility index (Phi) is 5.17. The first-order valence-corrected chi connectivity index (χ1v) is 7.55. The highest BCUT2D eigenvalue weighted by Gasteiger charge is 2.32. The van der Waals surface area contributed by atoms with Crippen LogP contribution in [0.5, 0.6) is 0 Å². The number of piperidine rings is 1. The first-order valence-electron chi connectivity index (χ1n) is 7.55. The summed E-state index contributed by atoms with van der Waals surface area (Å²) in [4.78, 5) is 38.6. The molecule has 118 valence electrons. The average molecular weight is 297 g/mol. The van der Waals surface area contributed by atoms with E-state index in [1.165, 1.54) is 0 Å². The van der Waals surface area contributed by atoms with Gasteiger partial charge in [0.25, 0.3) is 0 Å². The Bertz CT molecular complexity index is 418. The molecule has 7 heteroatoms. The predicted octanol–water partition coefficient (Wildman–Crippen LogP) is -0.480. The number of hydrogen-bond donors (Lipinski definition) is 2. The average Bonchev–Trinajstić information content (AvgIpc) is 2.47. The van der Waals surface area contributed by atoms with E-state index >= 15 is 0 Å². The number of carboxylic acids is 1. The molecule has 0 aromatic heterocycles. The second kappa shape index (κ2) is 6.89. The lowest BCUT2D eigenvalue weighted by atomic mass is 9.97. The zero-order valence-corrected chi connectivity index (χ0v) is 12.4. The summed E-state index contributed by atoms with van der Waals surface area (Å²) in [5.41, 5.74) is 0. The molecule has 1 unspecified atom stereocenters. The molecule has 2 aliphatic rings. The summed E-state index contributed by atoms with van der Waals surface area (Å²) < 4.78 is 0. The molecule has 0 aliphatic carbocycles. The Labute approximate surface area is 124 Å². The van der Waals surface area contributed by atoms with Gasteiger partial charge in [-0.1, -0.05) is 6.92 Å². The molecule has 2 rings (SSSR count). The van der Waals surface area contributed by atoms with Crippen molar-refractivity contribution >= 4 is 17.8 Å². The fourth-order valence-electron chi connectivity index (χ4n) is 3.04. The zero-order chi connectivity index (χ0) is 15.4. The summed E-state index contributed by atoms with van der Waals surface area (Å²) in [6.45, 7) is 4.42. The molecular formula is C14H23N3O4. The number of carbonyl (C=O) groups is 3. The van der Waals surface area contributed by atoms with Crippen LogP contribution in [0.15, 0.2) is 0 Å². The van der Waals surface area contributed by atoms with Gasteiger partial charge < -0.3 is 15.3 Å². The van der Waals surface area contributed by atoms with Crippen molar-refractivity contribution in [3.05, 3.63) is 0 Å². The molecule has 1 atom stereocenters. The van der Waals surface area contributed by atoms with Gasteiger partial charge in [0.05, 0.1) is 18.5 Å². The molecule has 0 radical (unpaired) electrons. The van der Waals surface area contributed by atoms with Crippen molar-refractivity contribution in [3.63, 3.8) is 0 Å². The SMILES string of the molecule is CCC1C(=O)NCCN1CC(=O)N1CCC(C(=O)O)CC1. The molecule has 2 heterocycles. The van der Waals surface area contributed by atoms with E-state index in [4.69, 9.17) is 5.11 Å². The van der Waals surface area contributed by atoms with Gasteiger partial charge in [0.15, 0.2) is 0 Å². The lowest BCUT2D eigenvalue weighted by Crippen LogP contribution is -2.57. The van der Waals surface area contributed by atoms with Gasteiger partial charge in [-0.25, -0.2) is 0 Å². The van der Waals surface area contributed by atoms with Crippen LogP contribution in [0.25, 0.3) is 0 Å². The molecule has 2 N–H and O–H groups in total. The molecule has 0 saturated carbocycles. The lowest BCUT2D eigenvalue weighted by Gasteiger charge is -2.36. The largest absolute Gasteiger partial charge is 0.481 e. The lowest BCUT2D eigenvalue weighted by molar-refractivity contribution is -0.146. The highest BCUT2D eigenvalue weighted by Crippen LogP contribution is 2.18. The molecule has 2 aliphatic heterocycles. The van der Waals surface area contributed by atoms with Crippen molar-refractivity contribution in [2.75, 3.05) is 32.7 Å². The van der Waals surface area contributed by atoms with E-state index in [0.717, 1.165) is 0 Å². The topological polar surface area (TPSA) is 90.0 Å². The normalized spacial score (nSPS) is 24.7. The van der Waals surface area contributed by atoms with Gasteiger partial charge in [-0.05, 0) is 19.3 Å². The van der Waals surface area contributed by atoms with Crippen molar-refractivity contribution in [1.82, 2.24) is 15.1 Å². The number of likely N-dealkylation sites (tertiary alicyclic amines) is 1. The maximum absolute atomic E-state index is 12.3. The van der Waals surface area contributed by atoms with Crippen LogP contribution in [0.4, 0.5) is 0 Å². The Hall–Kier alpha value is -1.63. The number of carbonyl (C=O) groups excluding carboxylic acids is 2. The Morgan fingerprint density at radius 2 is 1.95 bits per heavy atom. The zero-order valence-electron chi connectivity index (χ0n) is 12.4. The third-order valence-corrected chi connectivity index (χ3v) is 4.36. The monoisotopic (exact) mass is 297 g/mol. The molecule has 0 aromatic carbocycles. The molecule has 0 aromatic rings. The van der Waals surface area contributed by atoms with Crippen molar-refractivity contribution in [2.24, 2.45) is 5.92 Å². The maximum Gasteiger partial charge on any atom is 0.306 e. The first kappa shape index (κ1) is 15.8. The number of piperazine rings is 1. The number of rotatable bonds is 4. The second-order valence-electron chi connectivity index (χ2n) is 5.68. The van der Waals surface area contributed by atoms with E-state index < -0.39 is 5.97 Å². The quantitative estimate of drug-likeness (QED) is 0.731. The van der Waals surface area contributed by atoms with Crippen LogP contribution in [0, 0.1) is 5.92 Å². The Balaban J connectivity index is 1.87. The number of hydrogen-bond acceptors (Lipinski definition) is 4. The van der Waals surface area contributed by atoms with Crippen LogP contribution in [-0.4, -0.2) is 71.5 Å². The van der Waals surface area contributed by atoms with Gasteiger partial charge in [-0.3, -0.25) is 19.3 Å². The highest BCUT2D eigenvalue weighted by atomic mass is 16.4. The number of nitrogens with zero attached hydrogens (tertiary/aromatic N) is 2. The van der Waals surface area contributed by atoms with E-state index in [0.29, 0.717) is 45.4 Å². The summed E-state index contributed by atoms with van der Waals surface area (Å²) in [6, 6.07) is -0.237. The summed E-state index contributed by atoms with van der Waals surface area (Å²) >= 11 is 0. The van der Waals surface area contributed by atoms with Crippen LogP contribution in [0.1, 0.15) is 26.2 Å². The van der Waals surface area contributed by atoms with E-state index in [1.807, 2.05) is 11.8 Å². The van der Waals surface area contributed by atoms with Crippen LogP contribution >= 0.6 is 0 Å². The first-order chi connectivity index (χ1) is 10.0. The van der Waals surface area contributed by atoms with Gasteiger partial charge in [-0.15, -0.1) is 0 Å². The fourth-order valence-corrected chi connectivity index (χ4v) is 3.04. The van der Waals surface area contributed by atoms with Crippen molar-refractivity contribution in [3.8, 4) is 0 Å². The molecule has 21 heavy (non-hydrogen) atoms. The second-order valence-corrected chi connectivity index (χ2v) is 5.68. The maximum atomic E-state index is 12.3. The molecule has 2 amide bonds. The van der Waals surface area contributed by atoms with Crippen LogP contribution in [-0.2, 0) is 14.4 Å². The number of carboxylic acid groups (broad SMARTS) is 1. The third-order valence-electron chi connectivity index (χ3n) is 4.36. The van der Waals surface area contributed by atoms with Gasteiger partial charge in [-0.2, -0.15) is 0 Å². The number of nitrogens with one attached hydrogen (secondary N) is 1. The summed E-state index contributed by atoms with van der Waals surface area (Å²) in [5.74, 6) is -1.13. The van der Waals surface area contributed by atoms with Gasteiger partial charge in [0.1, 0.15) is 0 Å². The van der Waals surface area contributed by atoms with Gasteiger partial charge in [0, 0.05) is 26.2 Å². The van der Waals surface area contributed by atoms with Gasteiger partial charge >= 0.3 is 5.97 Å². The Morgan fingerprint density at radius 1 is 1.29 bits per heavy atom. The smallest absolute Gasteiger partial charge is 0.306 e. The van der Waals surface area contributed by atoms with E-state index in [1.54, 1.807) is 4.90 Å². The molecule has 0 bridgehead atoms. The minimum atomic E-state index is -0.777. The number of aliphatic carboxylic acids is 1. The minimum absolute atomic E-state index is 0.00742. The standard InChI is InChI=1S/C14H23N3O4/c1-2-11-13(19)15-5-8-17(11)9-12(18)16-6-3-10(4-7-16)14(20)21/h10-11H,2-9H2,1H3,(H,15,19)(H,20,21). The number of amides is 2. The van der Waals surface area contributed by atoms with Crippen molar-refractivity contribution in [1.29, 1.82) is 0 Å². The summed E-state index contributed by atoms with van der Waals surface area (Å²) in [7, 11) is 0. The van der Waals surface area contributed by atoms with Gasteiger partial charge in [0.2, 0.25) is 11.8 Å². The van der Waals surface area contributed by atoms with E-state index in [9.17, 15) is 14.4 Å². The van der Waals surface area contributed by atoms with Crippen molar-refractivity contribution in [2.45, 2.75) is 32.2 Å². The van der Waals surface area contributed by atoms with Crippen LogP contribution in [0.2, 0.25) is 0 Å².